The molecule has 3 rings (SSSR count). The van der Waals surface area contributed by atoms with E-state index in [1.807, 2.05) is 44.2 Å². The zero-order chi connectivity index (χ0) is 20.8. The van der Waals surface area contributed by atoms with E-state index in [-0.39, 0.29) is 24.2 Å². The van der Waals surface area contributed by atoms with Crippen LogP contribution in [0.1, 0.15) is 17.0 Å². The maximum Gasteiger partial charge on any atom is 0.325 e. The first-order chi connectivity index (χ1) is 14.0. The molecule has 3 aromatic rings. The number of aryl methyl sites for hydroxylation is 2. The van der Waals surface area contributed by atoms with Gasteiger partial charge in [-0.2, -0.15) is 5.10 Å². The van der Waals surface area contributed by atoms with Crippen molar-refractivity contribution in [2.24, 2.45) is 5.10 Å². The fraction of sp³-hybridized carbons (Fsp3) is 0.250. The van der Waals surface area contributed by atoms with E-state index in [0.717, 1.165) is 27.9 Å². The van der Waals surface area contributed by atoms with E-state index in [2.05, 4.69) is 20.5 Å². The van der Waals surface area contributed by atoms with E-state index in [0.29, 0.717) is 5.16 Å². The van der Waals surface area contributed by atoms with Crippen molar-refractivity contribution in [2.75, 3.05) is 12.9 Å². The lowest BCUT2D eigenvalue weighted by molar-refractivity contribution is -0.141. The normalized spacial score (nSPS) is 11.1. The highest BCUT2D eigenvalue weighted by molar-refractivity contribution is 7.99. The maximum absolute atomic E-state index is 12.1. The topological polar surface area (TPSA) is 98.5 Å². The van der Waals surface area contributed by atoms with Gasteiger partial charge in [-0.3, -0.25) is 9.59 Å². The second-order valence-corrected chi connectivity index (χ2v) is 7.26. The van der Waals surface area contributed by atoms with Crippen molar-refractivity contribution in [1.82, 2.24) is 20.0 Å². The molecule has 0 atom stereocenters. The van der Waals surface area contributed by atoms with Crippen molar-refractivity contribution >= 4 is 40.8 Å². The highest BCUT2D eigenvalue weighted by Gasteiger charge is 2.10. The zero-order valence-electron chi connectivity index (χ0n) is 16.4. The number of hydrazone groups is 1. The predicted molar refractivity (Wildman–Crippen MR) is 112 cm³/mol. The van der Waals surface area contributed by atoms with Crippen LogP contribution in [-0.4, -0.2) is 45.5 Å². The Labute approximate surface area is 172 Å². The van der Waals surface area contributed by atoms with E-state index >= 15 is 0 Å². The lowest BCUT2D eigenvalue weighted by Gasteiger charge is -2.02. The number of thioether (sulfide) groups is 1. The van der Waals surface area contributed by atoms with Gasteiger partial charge in [-0.05, 0) is 26.0 Å². The average Bonchev–Trinajstić information content (AvgIpc) is 3.03. The number of carbonyl (C=O) groups excluding carboxylic acids is 2. The van der Waals surface area contributed by atoms with Gasteiger partial charge in [0.15, 0.2) is 5.16 Å². The third-order valence-corrected chi connectivity index (χ3v) is 4.88. The number of hydrogen-bond donors (Lipinski definition) is 1. The molecule has 0 aliphatic carbocycles. The molecule has 0 aliphatic heterocycles. The molecule has 0 saturated heterocycles. The summed E-state index contributed by atoms with van der Waals surface area (Å²) in [6.07, 6.45) is 3.36. The highest BCUT2D eigenvalue weighted by Crippen LogP contribution is 2.20. The standard InChI is InChI=1S/C20H21N5O3S/c1-13-8-14(2)23-20(22-13)29-12-18(26)24-21-9-15-10-25(11-19(27)28-3)17-7-5-4-6-16(15)17/h4-10H,11-12H2,1-3H3,(H,24,26)/b21-9+. The first-order valence-corrected chi connectivity index (χ1v) is 9.86. The third-order valence-electron chi connectivity index (χ3n) is 4.03. The number of nitrogens with zero attached hydrogens (tertiary/aromatic N) is 4. The van der Waals surface area contributed by atoms with Gasteiger partial charge in [0.2, 0.25) is 0 Å². The summed E-state index contributed by atoms with van der Waals surface area (Å²) in [7, 11) is 1.35. The van der Waals surface area contributed by atoms with Crippen LogP contribution in [0.5, 0.6) is 0 Å². The number of carbonyl (C=O) groups is 2. The molecule has 2 aromatic heterocycles. The van der Waals surface area contributed by atoms with Crippen molar-refractivity contribution in [3.05, 3.63) is 53.5 Å². The monoisotopic (exact) mass is 411 g/mol. The van der Waals surface area contributed by atoms with Crippen molar-refractivity contribution < 1.29 is 14.3 Å². The van der Waals surface area contributed by atoms with Gasteiger partial charge in [-0.15, -0.1) is 0 Å². The van der Waals surface area contributed by atoms with Crippen LogP contribution in [0, 0.1) is 13.8 Å². The molecule has 0 fully saturated rings. The Morgan fingerprint density at radius 2 is 1.97 bits per heavy atom. The Morgan fingerprint density at radius 1 is 1.24 bits per heavy atom. The Hall–Kier alpha value is -3.20. The number of methoxy groups -OCH3 is 1. The van der Waals surface area contributed by atoms with Gasteiger partial charge < -0.3 is 9.30 Å². The van der Waals surface area contributed by atoms with Crippen LogP contribution in [0.4, 0.5) is 0 Å². The van der Waals surface area contributed by atoms with Crippen LogP contribution in [0.25, 0.3) is 10.9 Å². The van der Waals surface area contributed by atoms with Crippen molar-refractivity contribution in [3.63, 3.8) is 0 Å². The number of rotatable bonds is 7. The maximum atomic E-state index is 12.1. The molecule has 0 saturated carbocycles. The zero-order valence-corrected chi connectivity index (χ0v) is 17.2. The summed E-state index contributed by atoms with van der Waals surface area (Å²) in [4.78, 5) is 32.3. The molecule has 1 N–H and O–H groups in total. The van der Waals surface area contributed by atoms with Crippen LogP contribution >= 0.6 is 11.8 Å². The van der Waals surface area contributed by atoms with Gasteiger partial charge in [0.1, 0.15) is 6.54 Å². The molecule has 0 aliphatic rings. The number of aromatic nitrogens is 3. The number of benzene rings is 1. The second-order valence-electron chi connectivity index (χ2n) is 6.32. The summed E-state index contributed by atoms with van der Waals surface area (Å²) in [6, 6.07) is 9.52. The molecule has 150 valence electrons. The summed E-state index contributed by atoms with van der Waals surface area (Å²) in [6.45, 7) is 3.88. The molecule has 9 heteroatoms. The molecular formula is C20H21N5O3S. The molecule has 0 unspecified atom stereocenters. The van der Waals surface area contributed by atoms with Crippen LogP contribution in [0.15, 0.2) is 46.8 Å². The highest BCUT2D eigenvalue weighted by atomic mass is 32.2. The summed E-state index contributed by atoms with van der Waals surface area (Å²) in [5.41, 5.74) is 5.90. The van der Waals surface area contributed by atoms with Gasteiger partial charge in [0, 0.05) is 34.1 Å². The smallest absolute Gasteiger partial charge is 0.325 e. The number of hydrogen-bond acceptors (Lipinski definition) is 7. The third kappa shape index (κ3) is 5.41. The minimum atomic E-state index is -0.340. The molecule has 1 aromatic carbocycles. The van der Waals surface area contributed by atoms with Gasteiger partial charge in [-0.25, -0.2) is 15.4 Å². The molecule has 0 spiro atoms. The Balaban J connectivity index is 1.64. The predicted octanol–water partition coefficient (Wildman–Crippen LogP) is 2.46. The first-order valence-electron chi connectivity index (χ1n) is 8.88. The largest absolute Gasteiger partial charge is 0.468 e. The molecule has 0 bridgehead atoms. The summed E-state index contributed by atoms with van der Waals surface area (Å²) in [5, 5.41) is 5.53. The van der Waals surface area contributed by atoms with Crippen molar-refractivity contribution in [2.45, 2.75) is 25.5 Å². The second kappa shape index (κ2) is 9.33. The minimum Gasteiger partial charge on any atom is -0.468 e. The lowest BCUT2D eigenvalue weighted by atomic mass is 10.2. The number of nitrogens with one attached hydrogen (secondary N) is 1. The Kier molecular flexibility index (Phi) is 6.61. The first kappa shape index (κ1) is 20.5. The van der Waals surface area contributed by atoms with Gasteiger partial charge >= 0.3 is 5.97 Å². The summed E-state index contributed by atoms with van der Waals surface area (Å²) >= 11 is 1.26. The number of amides is 1. The number of esters is 1. The molecule has 0 radical (unpaired) electrons. The van der Waals surface area contributed by atoms with Crippen LogP contribution in [0.3, 0.4) is 0 Å². The van der Waals surface area contributed by atoms with E-state index in [4.69, 9.17) is 4.74 Å². The van der Waals surface area contributed by atoms with Crippen LogP contribution in [-0.2, 0) is 20.9 Å². The van der Waals surface area contributed by atoms with E-state index in [1.54, 1.807) is 17.0 Å². The van der Waals surface area contributed by atoms with Gasteiger partial charge in [-0.1, -0.05) is 30.0 Å². The summed E-state index contributed by atoms with van der Waals surface area (Å²) in [5.74, 6) is -0.440. The Bertz CT molecular complexity index is 1060. The summed E-state index contributed by atoms with van der Waals surface area (Å²) < 4.78 is 6.53. The molecule has 29 heavy (non-hydrogen) atoms. The minimum absolute atomic E-state index is 0.101. The van der Waals surface area contributed by atoms with E-state index in [9.17, 15) is 9.59 Å². The SMILES string of the molecule is COC(=O)Cn1cc(/C=N/NC(=O)CSc2nc(C)cc(C)n2)c2ccccc21. The lowest BCUT2D eigenvalue weighted by Crippen LogP contribution is -2.19. The van der Waals surface area contributed by atoms with E-state index in [1.165, 1.54) is 18.9 Å². The number of ether oxygens (including phenoxy) is 1. The van der Waals surface area contributed by atoms with Gasteiger partial charge in [0.25, 0.3) is 5.91 Å². The van der Waals surface area contributed by atoms with Crippen molar-refractivity contribution in [3.8, 4) is 0 Å². The molecule has 8 nitrogen and oxygen atoms in total. The van der Waals surface area contributed by atoms with Crippen LogP contribution < -0.4 is 5.43 Å². The molecular weight excluding hydrogens is 390 g/mol. The average molecular weight is 411 g/mol. The molecule has 2 heterocycles. The van der Waals surface area contributed by atoms with Gasteiger partial charge in [0.05, 0.1) is 19.1 Å². The number of fused-ring (bicyclic) bond motifs is 1. The Morgan fingerprint density at radius 3 is 2.69 bits per heavy atom. The van der Waals surface area contributed by atoms with Crippen molar-refractivity contribution in [1.29, 1.82) is 0 Å². The quantitative estimate of drug-likeness (QED) is 0.211. The fourth-order valence-corrected chi connectivity index (χ4v) is 3.55. The number of para-hydroxylation sites is 1. The van der Waals surface area contributed by atoms with E-state index < -0.39 is 0 Å². The van der Waals surface area contributed by atoms with Crippen LogP contribution in [0.2, 0.25) is 0 Å². The molecule has 1 amide bonds. The fourth-order valence-electron chi connectivity index (χ4n) is 2.81.